The molecule has 6 heteroatoms. The van der Waals surface area contributed by atoms with E-state index in [1.165, 1.54) is 6.92 Å². The predicted octanol–water partition coefficient (Wildman–Crippen LogP) is 0.677. The highest BCUT2D eigenvalue weighted by Crippen LogP contribution is 2.16. The molecule has 106 valence electrons. The maximum Gasteiger partial charge on any atom is 0.325 e. The van der Waals surface area contributed by atoms with E-state index in [1.807, 2.05) is 20.9 Å². The van der Waals surface area contributed by atoms with Crippen LogP contribution in [0.5, 0.6) is 0 Å². The minimum absolute atomic E-state index is 0.178. The third-order valence-corrected chi connectivity index (χ3v) is 3.11. The second-order valence-electron chi connectivity index (χ2n) is 4.51. The molecule has 0 spiro atoms. The molecule has 0 radical (unpaired) electrons. The van der Waals surface area contributed by atoms with Crippen LogP contribution >= 0.6 is 0 Å². The molecule has 0 aromatic carbocycles. The number of aryl methyl sites for hydroxylation is 2. The van der Waals surface area contributed by atoms with Crippen molar-refractivity contribution in [1.82, 2.24) is 15.1 Å². The molecule has 0 saturated carbocycles. The summed E-state index contributed by atoms with van der Waals surface area (Å²) in [5, 5.41) is 15.6. The monoisotopic (exact) mass is 267 g/mol. The van der Waals surface area contributed by atoms with Crippen molar-refractivity contribution in [3.63, 3.8) is 0 Å². The van der Waals surface area contributed by atoms with Gasteiger partial charge in [0.05, 0.1) is 12.1 Å². The lowest BCUT2D eigenvalue weighted by Crippen LogP contribution is -2.39. The molecule has 1 aromatic rings. The van der Waals surface area contributed by atoms with Crippen LogP contribution in [0, 0.1) is 0 Å². The Morgan fingerprint density at radius 2 is 2.00 bits per heavy atom. The topological polar surface area (TPSA) is 84.2 Å². The second-order valence-corrected chi connectivity index (χ2v) is 4.51. The molecule has 1 amide bonds. The molecule has 0 bridgehead atoms. The predicted molar refractivity (Wildman–Crippen MR) is 70.9 cm³/mol. The molecule has 0 aliphatic heterocycles. The van der Waals surface area contributed by atoms with Crippen LogP contribution in [0.1, 0.15) is 37.7 Å². The third kappa shape index (κ3) is 3.56. The number of carbonyl (C=O) groups is 2. The van der Waals surface area contributed by atoms with Gasteiger partial charge in [-0.25, -0.2) is 0 Å². The lowest BCUT2D eigenvalue weighted by atomic mass is 10.1. The number of nitrogens with one attached hydrogen (secondary N) is 1. The van der Waals surface area contributed by atoms with Gasteiger partial charge in [-0.3, -0.25) is 14.3 Å². The van der Waals surface area contributed by atoms with Gasteiger partial charge in [0.1, 0.15) is 6.04 Å². The van der Waals surface area contributed by atoms with Gasteiger partial charge in [0.15, 0.2) is 0 Å². The molecule has 1 heterocycles. The van der Waals surface area contributed by atoms with E-state index in [0.717, 1.165) is 29.8 Å². The lowest BCUT2D eigenvalue weighted by molar-refractivity contribution is -0.141. The highest BCUT2D eigenvalue weighted by molar-refractivity contribution is 5.84. The van der Waals surface area contributed by atoms with Gasteiger partial charge in [0.25, 0.3) is 0 Å². The van der Waals surface area contributed by atoms with E-state index in [9.17, 15) is 9.59 Å². The highest BCUT2D eigenvalue weighted by Gasteiger charge is 2.19. The number of carboxylic acid groups (broad SMARTS) is 1. The fourth-order valence-corrected chi connectivity index (χ4v) is 2.11. The zero-order valence-corrected chi connectivity index (χ0v) is 11.9. The zero-order valence-electron chi connectivity index (χ0n) is 11.9. The first-order valence-corrected chi connectivity index (χ1v) is 6.46. The van der Waals surface area contributed by atoms with Gasteiger partial charge in [-0.1, -0.05) is 13.8 Å². The standard InChI is InChI=1S/C13H21N3O3/c1-5-10-9(11(6-2)16(4)15-10)7-12(17)14-8(3)13(18)19/h8H,5-7H2,1-4H3,(H,14,17)(H,18,19)/t8-/m0/s1. The van der Waals surface area contributed by atoms with Crippen molar-refractivity contribution in [2.45, 2.75) is 46.1 Å². The Balaban J connectivity index is 2.86. The normalized spacial score (nSPS) is 12.2. The summed E-state index contributed by atoms with van der Waals surface area (Å²) < 4.78 is 1.79. The summed E-state index contributed by atoms with van der Waals surface area (Å²) in [5.41, 5.74) is 2.84. The van der Waals surface area contributed by atoms with Crippen LogP contribution in [0.3, 0.4) is 0 Å². The molecule has 2 N–H and O–H groups in total. The quantitative estimate of drug-likeness (QED) is 0.793. The van der Waals surface area contributed by atoms with Gasteiger partial charge < -0.3 is 10.4 Å². The first-order valence-electron chi connectivity index (χ1n) is 6.46. The van der Waals surface area contributed by atoms with Crippen molar-refractivity contribution >= 4 is 11.9 Å². The number of rotatable bonds is 6. The van der Waals surface area contributed by atoms with Crippen LogP contribution in [0.2, 0.25) is 0 Å². The number of hydrogen-bond donors (Lipinski definition) is 2. The van der Waals surface area contributed by atoms with E-state index in [1.54, 1.807) is 4.68 Å². The SMILES string of the molecule is CCc1nn(C)c(CC)c1CC(=O)N[C@@H](C)C(=O)O. The molecule has 19 heavy (non-hydrogen) atoms. The van der Waals surface area contributed by atoms with E-state index in [-0.39, 0.29) is 12.3 Å². The highest BCUT2D eigenvalue weighted by atomic mass is 16.4. The summed E-state index contributed by atoms with van der Waals surface area (Å²) in [6, 6.07) is -0.876. The number of carboxylic acids is 1. The van der Waals surface area contributed by atoms with E-state index in [4.69, 9.17) is 5.11 Å². The van der Waals surface area contributed by atoms with Crippen molar-refractivity contribution < 1.29 is 14.7 Å². The molecule has 0 saturated heterocycles. The number of aliphatic carboxylic acids is 1. The number of aromatic nitrogens is 2. The van der Waals surface area contributed by atoms with Crippen LogP contribution in [0.25, 0.3) is 0 Å². The van der Waals surface area contributed by atoms with Crippen molar-refractivity contribution in [3.05, 3.63) is 17.0 Å². The Hall–Kier alpha value is -1.85. The largest absolute Gasteiger partial charge is 0.480 e. The summed E-state index contributed by atoms with van der Waals surface area (Å²) in [6.07, 6.45) is 1.73. The molecular weight excluding hydrogens is 246 g/mol. The first kappa shape index (κ1) is 15.2. The van der Waals surface area contributed by atoms with Crippen LogP contribution in [0.4, 0.5) is 0 Å². The van der Waals surface area contributed by atoms with Crippen molar-refractivity contribution in [2.24, 2.45) is 7.05 Å². The molecule has 1 aromatic heterocycles. The van der Waals surface area contributed by atoms with Crippen LogP contribution in [-0.2, 0) is 35.9 Å². The molecular formula is C13H21N3O3. The summed E-state index contributed by atoms with van der Waals surface area (Å²) in [4.78, 5) is 22.6. The molecule has 0 unspecified atom stereocenters. The molecule has 0 aliphatic rings. The zero-order chi connectivity index (χ0) is 14.6. The summed E-state index contributed by atoms with van der Waals surface area (Å²) in [5.74, 6) is -1.32. The minimum atomic E-state index is -1.04. The van der Waals surface area contributed by atoms with E-state index >= 15 is 0 Å². The Kier molecular flexibility index (Phi) is 5.09. The van der Waals surface area contributed by atoms with Crippen molar-refractivity contribution in [1.29, 1.82) is 0 Å². The van der Waals surface area contributed by atoms with Gasteiger partial charge >= 0.3 is 5.97 Å². The summed E-state index contributed by atoms with van der Waals surface area (Å²) in [6.45, 7) is 5.45. The lowest BCUT2D eigenvalue weighted by Gasteiger charge is -2.10. The summed E-state index contributed by atoms with van der Waals surface area (Å²) >= 11 is 0. The second kappa shape index (κ2) is 6.36. The van der Waals surface area contributed by atoms with Gasteiger partial charge in [-0.2, -0.15) is 5.10 Å². The number of nitrogens with zero attached hydrogens (tertiary/aromatic N) is 2. The number of hydrogen-bond acceptors (Lipinski definition) is 3. The average molecular weight is 267 g/mol. The number of amides is 1. The fourth-order valence-electron chi connectivity index (χ4n) is 2.11. The minimum Gasteiger partial charge on any atom is -0.480 e. The van der Waals surface area contributed by atoms with Crippen molar-refractivity contribution in [3.8, 4) is 0 Å². The van der Waals surface area contributed by atoms with Crippen LogP contribution < -0.4 is 5.32 Å². The molecule has 1 rings (SSSR count). The first-order chi connectivity index (χ1) is 8.90. The molecule has 0 fully saturated rings. The molecule has 6 nitrogen and oxygen atoms in total. The molecule has 0 aliphatic carbocycles. The van der Waals surface area contributed by atoms with Crippen LogP contribution in [-0.4, -0.2) is 32.8 Å². The maximum atomic E-state index is 11.9. The van der Waals surface area contributed by atoms with Gasteiger partial charge in [0, 0.05) is 18.3 Å². The van der Waals surface area contributed by atoms with Gasteiger partial charge in [-0.05, 0) is 19.8 Å². The van der Waals surface area contributed by atoms with Gasteiger partial charge in [0.2, 0.25) is 5.91 Å². The van der Waals surface area contributed by atoms with E-state index < -0.39 is 12.0 Å². The van der Waals surface area contributed by atoms with Gasteiger partial charge in [-0.15, -0.1) is 0 Å². The Morgan fingerprint density at radius 3 is 2.47 bits per heavy atom. The van der Waals surface area contributed by atoms with E-state index in [2.05, 4.69) is 10.4 Å². The Morgan fingerprint density at radius 1 is 1.37 bits per heavy atom. The number of carbonyl (C=O) groups excluding carboxylic acids is 1. The summed E-state index contributed by atoms with van der Waals surface area (Å²) in [7, 11) is 1.86. The van der Waals surface area contributed by atoms with Crippen molar-refractivity contribution in [2.75, 3.05) is 0 Å². The Labute approximate surface area is 112 Å². The Bertz CT molecular complexity index is 480. The van der Waals surface area contributed by atoms with E-state index in [0.29, 0.717) is 0 Å². The molecule has 1 atom stereocenters. The van der Waals surface area contributed by atoms with Crippen LogP contribution in [0.15, 0.2) is 0 Å². The maximum absolute atomic E-state index is 11.9. The third-order valence-electron chi connectivity index (χ3n) is 3.11. The smallest absolute Gasteiger partial charge is 0.325 e. The fraction of sp³-hybridized carbons (Fsp3) is 0.615. The average Bonchev–Trinajstić information content (AvgIpc) is 2.64.